The van der Waals surface area contributed by atoms with Crippen LogP contribution in [0.1, 0.15) is 29.0 Å². The maximum absolute atomic E-state index is 13.5. The zero-order valence-corrected chi connectivity index (χ0v) is 19.6. The molecule has 2 atom stereocenters. The molecule has 1 aliphatic heterocycles. The normalized spacial score (nSPS) is 18.1. The Morgan fingerprint density at radius 2 is 1.68 bits per heavy atom. The number of nitrogens with one attached hydrogen (secondary N) is 1. The van der Waals surface area contributed by atoms with Gasteiger partial charge in [0.2, 0.25) is 5.91 Å². The van der Waals surface area contributed by atoms with Crippen LogP contribution in [0.4, 0.5) is 0 Å². The van der Waals surface area contributed by atoms with Crippen molar-refractivity contribution in [3.05, 3.63) is 101 Å². The highest BCUT2D eigenvalue weighted by Gasteiger charge is 2.39. The molecule has 0 unspecified atom stereocenters. The number of benzene rings is 3. The second-order valence-corrected chi connectivity index (χ2v) is 8.87. The Balaban J connectivity index is 1.54. The predicted molar refractivity (Wildman–Crippen MR) is 131 cm³/mol. The lowest BCUT2D eigenvalue weighted by Gasteiger charge is -2.23. The minimum atomic E-state index is -0.541. The Labute approximate surface area is 204 Å². The van der Waals surface area contributed by atoms with Crippen molar-refractivity contribution in [3.63, 3.8) is 0 Å². The van der Waals surface area contributed by atoms with Gasteiger partial charge in [0.1, 0.15) is 11.8 Å². The van der Waals surface area contributed by atoms with Crippen LogP contribution in [-0.2, 0) is 20.9 Å². The molecule has 0 aliphatic carbocycles. The minimum absolute atomic E-state index is 0.105. The summed E-state index contributed by atoms with van der Waals surface area (Å²) in [6, 6.07) is 23.3. The van der Waals surface area contributed by atoms with Crippen molar-refractivity contribution in [1.82, 2.24) is 10.2 Å². The number of hydrogen-bond acceptors (Lipinski definition) is 5. The fourth-order valence-electron chi connectivity index (χ4n) is 4.53. The molecule has 176 valence electrons. The first-order valence-corrected chi connectivity index (χ1v) is 11.5. The van der Waals surface area contributed by atoms with Crippen molar-refractivity contribution in [1.29, 1.82) is 0 Å². The first kappa shape index (κ1) is 23.8. The molecule has 1 aliphatic rings. The molecule has 0 spiro atoms. The van der Waals surface area contributed by atoms with Crippen molar-refractivity contribution in [3.8, 4) is 5.75 Å². The van der Waals surface area contributed by atoms with Crippen LogP contribution in [0.15, 0.2) is 78.9 Å². The summed E-state index contributed by atoms with van der Waals surface area (Å²) in [5, 5.41) is 13.9. The number of methoxy groups -OCH3 is 1. The van der Waals surface area contributed by atoms with E-state index in [1.165, 1.54) is 13.2 Å². The summed E-state index contributed by atoms with van der Waals surface area (Å²) in [4.78, 5) is 27.9. The van der Waals surface area contributed by atoms with E-state index in [1.807, 2.05) is 65.6 Å². The van der Waals surface area contributed by atoms with Crippen LogP contribution in [-0.4, -0.2) is 47.6 Å². The number of amides is 1. The summed E-state index contributed by atoms with van der Waals surface area (Å²) >= 11 is 6.10. The highest BCUT2D eigenvalue weighted by Crippen LogP contribution is 2.29. The molecule has 3 aromatic carbocycles. The van der Waals surface area contributed by atoms with E-state index < -0.39 is 12.0 Å². The van der Waals surface area contributed by atoms with Crippen LogP contribution in [0.25, 0.3) is 0 Å². The van der Waals surface area contributed by atoms with E-state index in [9.17, 15) is 14.7 Å². The van der Waals surface area contributed by atoms with E-state index in [0.717, 1.165) is 11.1 Å². The van der Waals surface area contributed by atoms with Crippen LogP contribution in [0.5, 0.6) is 5.75 Å². The Hall–Kier alpha value is -3.35. The van der Waals surface area contributed by atoms with Crippen LogP contribution in [0.3, 0.4) is 0 Å². The molecule has 1 saturated heterocycles. The number of aromatic hydroxyl groups is 1. The summed E-state index contributed by atoms with van der Waals surface area (Å²) in [5.74, 6) is -0.863. The number of carbonyl (C=O) groups excluding carboxylic acids is 2. The molecular weight excluding hydrogens is 452 g/mol. The summed E-state index contributed by atoms with van der Waals surface area (Å²) in [7, 11) is 1.35. The topological polar surface area (TPSA) is 78.9 Å². The fraction of sp³-hybridized carbons (Fsp3) is 0.259. The molecule has 1 amide bonds. The number of likely N-dealkylation sites (tertiary alicyclic amines) is 1. The molecule has 4 rings (SSSR count). The molecule has 7 heteroatoms. The minimum Gasteiger partial charge on any atom is -0.508 e. The number of hydrogen-bond donors (Lipinski definition) is 2. The first-order chi connectivity index (χ1) is 16.5. The average molecular weight is 479 g/mol. The summed E-state index contributed by atoms with van der Waals surface area (Å²) in [6.45, 7) is 0.743. The number of nitrogens with zero attached hydrogens (tertiary/aromatic N) is 1. The number of ether oxygens (including phenoxy) is 1. The monoisotopic (exact) mass is 478 g/mol. The van der Waals surface area contributed by atoms with E-state index in [0.29, 0.717) is 30.1 Å². The average Bonchev–Trinajstić information content (AvgIpc) is 3.24. The van der Waals surface area contributed by atoms with Gasteiger partial charge in [0, 0.05) is 29.7 Å². The van der Waals surface area contributed by atoms with E-state index in [2.05, 4.69) is 5.32 Å². The number of phenols is 1. The molecule has 1 heterocycles. The van der Waals surface area contributed by atoms with Crippen molar-refractivity contribution in [2.24, 2.45) is 0 Å². The summed E-state index contributed by atoms with van der Waals surface area (Å²) < 4.78 is 5.01. The lowest BCUT2D eigenvalue weighted by Crippen LogP contribution is -2.40. The predicted octanol–water partition coefficient (Wildman–Crippen LogP) is 4.11. The smallest absolute Gasteiger partial charge is 0.323 e. The largest absolute Gasteiger partial charge is 0.508 e. The summed E-state index contributed by atoms with van der Waals surface area (Å²) in [5.41, 5.74) is 2.41. The van der Waals surface area contributed by atoms with Gasteiger partial charge in [-0.15, -0.1) is 0 Å². The van der Waals surface area contributed by atoms with Crippen molar-refractivity contribution < 1.29 is 19.4 Å². The molecule has 6 nitrogen and oxygen atoms in total. The first-order valence-electron chi connectivity index (χ1n) is 11.2. The van der Waals surface area contributed by atoms with Gasteiger partial charge >= 0.3 is 5.97 Å². The van der Waals surface area contributed by atoms with Gasteiger partial charge in [0.05, 0.1) is 13.0 Å². The highest BCUT2D eigenvalue weighted by molar-refractivity contribution is 6.30. The van der Waals surface area contributed by atoms with E-state index in [1.54, 1.807) is 12.1 Å². The molecule has 2 N–H and O–H groups in total. The molecule has 0 bridgehead atoms. The highest BCUT2D eigenvalue weighted by atomic mass is 35.5. The Morgan fingerprint density at radius 1 is 1.06 bits per heavy atom. The molecule has 0 radical (unpaired) electrons. The Bertz CT molecular complexity index is 1100. The van der Waals surface area contributed by atoms with Crippen LogP contribution >= 0.6 is 11.6 Å². The zero-order valence-electron chi connectivity index (χ0n) is 18.9. The number of rotatable bonds is 7. The van der Waals surface area contributed by atoms with Gasteiger partial charge in [-0.05, 0) is 35.7 Å². The van der Waals surface area contributed by atoms with E-state index in [4.69, 9.17) is 16.3 Å². The van der Waals surface area contributed by atoms with Gasteiger partial charge in [0.15, 0.2) is 0 Å². The quantitative estimate of drug-likeness (QED) is 0.500. The molecule has 34 heavy (non-hydrogen) atoms. The zero-order chi connectivity index (χ0) is 24.1. The third-order valence-corrected chi connectivity index (χ3v) is 6.40. The van der Waals surface area contributed by atoms with Crippen molar-refractivity contribution in [2.75, 3.05) is 13.7 Å². The van der Waals surface area contributed by atoms with Crippen molar-refractivity contribution in [2.45, 2.75) is 31.0 Å². The van der Waals surface area contributed by atoms with Crippen molar-refractivity contribution >= 4 is 23.5 Å². The second kappa shape index (κ2) is 10.7. The second-order valence-electron chi connectivity index (χ2n) is 8.44. The van der Waals surface area contributed by atoms with Crippen LogP contribution < -0.4 is 5.32 Å². The molecule has 0 saturated carbocycles. The standard InChI is InChI=1S/C27H27ClN2O4/c1-34-27(33)23-15-22(17-30(23)16-20-14-21(28)12-13-24(20)31)29-26(32)25(18-8-4-2-5-9-18)19-10-6-3-7-11-19/h2-14,22-23,25,31H,15-17H2,1H3,(H,29,32)/t22-,23+/m1/s1. The molecular formula is C27H27ClN2O4. The van der Waals surface area contributed by atoms with E-state index >= 15 is 0 Å². The van der Waals surface area contributed by atoms with Gasteiger partial charge in [-0.1, -0.05) is 72.3 Å². The third-order valence-electron chi connectivity index (χ3n) is 6.17. The van der Waals surface area contributed by atoms with Crippen LogP contribution in [0.2, 0.25) is 5.02 Å². The number of halogens is 1. The van der Waals surface area contributed by atoms with Crippen LogP contribution in [0, 0.1) is 0 Å². The Morgan fingerprint density at radius 3 is 2.26 bits per heavy atom. The third kappa shape index (κ3) is 5.41. The van der Waals surface area contributed by atoms with Gasteiger partial charge in [-0.3, -0.25) is 14.5 Å². The summed E-state index contributed by atoms with van der Waals surface area (Å²) in [6.07, 6.45) is 0.413. The Kier molecular flexibility index (Phi) is 7.50. The SMILES string of the molecule is COC(=O)[C@@H]1C[C@@H](NC(=O)C(c2ccccc2)c2ccccc2)CN1Cc1cc(Cl)ccc1O. The molecule has 0 aromatic heterocycles. The molecule has 3 aromatic rings. The van der Waals surface area contributed by atoms with Gasteiger partial charge in [0.25, 0.3) is 0 Å². The van der Waals surface area contributed by atoms with E-state index in [-0.39, 0.29) is 23.7 Å². The van der Waals surface area contributed by atoms with Gasteiger partial charge < -0.3 is 15.2 Å². The van der Waals surface area contributed by atoms with Gasteiger partial charge in [-0.2, -0.15) is 0 Å². The fourth-order valence-corrected chi connectivity index (χ4v) is 4.73. The lowest BCUT2D eigenvalue weighted by atomic mass is 9.90. The number of esters is 1. The van der Waals surface area contributed by atoms with Gasteiger partial charge in [-0.25, -0.2) is 0 Å². The number of phenolic OH excluding ortho intramolecular Hbond substituents is 1. The lowest BCUT2D eigenvalue weighted by molar-refractivity contribution is -0.146. The molecule has 1 fully saturated rings. The maximum atomic E-state index is 13.5. The maximum Gasteiger partial charge on any atom is 0.323 e. The number of carbonyl (C=O) groups is 2.